The lowest BCUT2D eigenvalue weighted by molar-refractivity contribution is 0.672. The molecule has 0 amide bonds. The highest BCUT2D eigenvalue weighted by Gasteiger charge is 2.20. The molecule has 4 nitrogen and oxygen atoms in total. The van der Waals surface area contributed by atoms with Crippen molar-refractivity contribution in [3.63, 3.8) is 0 Å². The Morgan fingerprint density at radius 1 is 0.327 bits per heavy atom. The number of hydrogen-bond acceptors (Lipinski definition) is 6. The van der Waals surface area contributed by atoms with Crippen molar-refractivity contribution >= 4 is 95.7 Å². The van der Waals surface area contributed by atoms with Gasteiger partial charge in [0.25, 0.3) is 0 Å². The lowest BCUT2D eigenvalue weighted by Gasteiger charge is -2.12. The average molecular weight is 738 g/mol. The number of aromatic nitrogens is 3. The molecule has 0 unspecified atom stereocenters. The molecule has 0 aliphatic heterocycles. The summed E-state index contributed by atoms with van der Waals surface area (Å²) in [6.07, 6.45) is 0. The minimum absolute atomic E-state index is 0.618. The minimum atomic E-state index is 0.618. The SMILES string of the molecule is c1ccc(-c2ccc3c(c2)c(-c2nc(-c4ccc5sc6ccccc6c5c4)nc(-c4ccc5sc6ccccc6c5c4)n2)cc2c4ccccc4oc32)cc1. The number of benzene rings is 8. The molecular formula is C49H27N3OS2. The van der Waals surface area contributed by atoms with Gasteiger partial charge in [0.2, 0.25) is 0 Å². The number of thiophene rings is 2. The third-order valence-corrected chi connectivity index (χ3v) is 13.0. The van der Waals surface area contributed by atoms with E-state index in [1.807, 2.05) is 40.9 Å². The number of hydrogen-bond donors (Lipinski definition) is 0. The van der Waals surface area contributed by atoms with Gasteiger partial charge in [-0.15, -0.1) is 22.7 Å². The smallest absolute Gasteiger partial charge is 0.164 e. The lowest BCUT2D eigenvalue weighted by atomic mass is 9.95. The Kier molecular flexibility index (Phi) is 6.64. The van der Waals surface area contributed by atoms with Crippen molar-refractivity contribution in [2.24, 2.45) is 0 Å². The van der Waals surface area contributed by atoms with Crippen molar-refractivity contribution in [1.29, 1.82) is 0 Å². The van der Waals surface area contributed by atoms with Crippen molar-refractivity contribution in [1.82, 2.24) is 15.0 Å². The molecule has 0 radical (unpaired) electrons. The molecule has 0 saturated heterocycles. The zero-order valence-corrected chi connectivity index (χ0v) is 30.8. The maximum absolute atomic E-state index is 6.57. The largest absolute Gasteiger partial charge is 0.455 e. The summed E-state index contributed by atoms with van der Waals surface area (Å²) in [6.45, 7) is 0. The fourth-order valence-corrected chi connectivity index (χ4v) is 10.2. The van der Waals surface area contributed by atoms with Gasteiger partial charge in [0.15, 0.2) is 17.5 Å². The summed E-state index contributed by atoms with van der Waals surface area (Å²) in [6, 6.07) is 57.9. The summed E-state index contributed by atoms with van der Waals surface area (Å²) >= 11 is 3.62. The van der Waals surface area contributed by atoms with Crippen molar-refractivity contribution in [3.8, 4) is 45.3 Å². The van der Waals surface area contributed by atoms with Gasteiger partial charge in [-0.1, -0.05) is 91.0 Å². The van der Waals surface area contributed by atoms with Crippen molar-refractivity contribution in [2.45, 2.75) is 0 Å². The Labute approximate surface area is 322 Å². The molecule has 0 aliphatic rings. The Morgan fingerprint density at radius 3 is 1.53 bits per heavy atom. The van der Waals surface area contributed by atoms with Gasteiger partial charge in [-0.3, -0.25) is 0 Å². The molecule has 0 bridgehead atoms. The van der Waals surface area contributed by atoms with Gasteiger partial charge >= 0.3 is 0 Å². The molecule has 4 heterocycles. The van der Waals surface area contributed by atoms with Crippen LogP contribution in [0.1, 0.15) is 0 Å². The number of para-hydroxylation sites is 1. The molecule has 0 saturated carbocycles. The first-order valence-electron chi connectivity index (χ1n) is 18.3. The van der Waals surface area contributed by atoms with Gasteiger partial charge in [-0.25, -0.2) is 15.0 Å². The molecule has 0 atom stereocenters. The van der Waals surface area contributed by atoms with E-state index in [9.17, 15) is 0 Å². The Bertz CT molecular complexity index is 3370. The van der Waals surface area contributed by atoms with E-state index in [0.29, 0.717) is 17.5 Å². The number of nitrogens with zero attached hydrogens (tertiary/aromatic N) is 3. The summed E-state index contributed by atoms with van der Waals surface area (Å²) in [4.78, 5) is 16.0. The first-order valence-corrected chi connectivity index (χ1v) is 19.9. The summed E-state index contributed by atoms with van der Waals surface area (Å²) < 4.78 is 11.6. The van der Waals surface area contributed by atoms with Crippen LogP contribution in [0.2, 0.25) is 0 Å². The summed E-state index contributed by atoms with van der Waals surface area (Å²) in [5, 5.41) is 9.03. The highest BCUT2D eigenvalue weighted by atomic mass is 32.1. The van der Waals surface area contributed by atoms with Crippen LogP contribution in [0.4, 0.5) is 0 Å². The maximum Gasteiger partial charge on any atom is 0.164 e. The van der Waals surface area contributed by atoms with Crippen LogP contribution in [-0.4, -0.2) is 15.0 Å². The zero-order chi connectivity index (χ0) is 36.0. The second-order valence-electron chi connectivity index (χ2n) is 13.9. The fraction of sp³-hybridized carbons (Fsp3) is 0. The van der Waals surface area contributed by atoms with Crippen LogP contribution in [0.3, 0.4) is 0 Å². The van der Waals surface area contributed by atoms with Gasteiger partial charge < -0.3 is 4.42 Å². The summed E-state index contributed by atoms with van der Waals surface area (Å²) in [5.41, 5.74) is 6.81. The summed E-state index contributed by atoms with van der Waals surface area (Å²) in [5.74, 6) is 1.89. The zero-order valence-electron chi connectivity index (χ0n) is 29.2. The second-order valence-corrected chi connectivity index (χ2v) is 16.1. The van der Waals surface area contributed by atoms with Crippen LogP contribution < -0.4 is 0 Å². The maximum atomic E-state index is 6.57. The molecule has 0 fully saturated rings. The molecule has 4 aromatic heterocycles. The van der Waals surface area contributed by atoms with E-state index in [2.05, 4.69) is 146 Å². The molecule has 256 valence electrons. The van der Waals surface area contributed by atoms with Gasteiger partial charge in [-0.2, -0.15) is 0 Å². The van der Waals surface area contributed by atoms with E-state index >= 15 is 0 Å². The fourth-order valence-electron chi connectivity index (χ4n) is 8.08. The van der Waals surface area contributed by atoms with Crippen molar-refractivity contribution in [2.75, 3.05) is 0 Å². The van der Waals surface area contributed by atoms with Crippen LogP contribution in [-0.2, 0) is 0 Å². The first-order chi connectivity index (χ1) is 27.2. The summed E-state index contributed by atoms with van der Waals surface area (Å²) in [7, 11) is 0. The molecule has 12 aromatic rings. The third kappa shape index (κ3) is 4.85. The van der Waals surface area contributed by atoms with Crippen LogP contribution in [0.15, 0.2) is 168 Å². The predicted octanol–water partition coefficient (Wildman–Crippen LogP) is 14.3. The highest BCUT2D eigenvalue weighted by molar-refractivity contribution is 7.26. The van der Waals surface area contributed by atoms with Crippen LogP contribution in [0.5, 0.6) is 0 Å². The standard InChI is InChI=1S/C49H27N3OS2/c1-2-10-28(11-3-1)29-18-21-35-36(24-29)40(27-39-32-12-4-7-15-41(32)53-46(35)39)49-51-47(30-19-22-44-37(25-30)33-13-5-8-16-42(33)54-44)50-48(52-49)31-20-23-45-38(26-31)34-14-6-9-17-43(34)55-45/h1-27H. The average Bonchev–Trinajstić information content (AvgIpc) is 3.94. The van der Waals surface area contributed by atoms with Crippen LogP contribution >= 0.6 is 22.7 Å². The van der Waals surface area contributed by atoms with Crippen molar-refractivity contribution in [3.05, 3.63) is 164 Å². The molecule has 0 N–H and O–H groups in total. The van der Waals surface area contributed by atoms with E-state index < -0.39 is 0 Å². The molecular weight excluding hydrogens is 711 g/mol. The van der Waals surface area contributed by atoms with Gasteiger partial charge in [0.05, 0.1) is 0 Å². The van der Waals surface area contributed by atoms with E-state index in [4.69, 9.17) is 19.4 Å². The second kappa shape index (κ2) is 11.9. The number of rotatable bonds is 4. The monoisotopic (exact) mass is 737 g/mol. The van der Waals surface area contributed by atoms with E-state index in [-0.39, 0.29) is 0 Å². The minimum Gasteiger partial charge on any atom is -0.455 e. The normalized spacial score (nSPS) is 12.0. The van der Waals surface area contributed by atoms with E-state index in [1.54, 1.807) is 0 Å². The molecule has 55 heavy (non-hydrogen) atoms. The molecule has 0 aliphatic carbocycles. The van der Waals surface area contributed by atoms with E-state index in [1.165, 1.54) is 40.3 Å². The Balaban J connectivity index is 1.16. The predicted molar refractivity (Wildman–Crippen MR) is 232 cm³/mol. The van der Waals surface area contributed by atoms with Gasteiger partial charge in [0, 0.05) is 73.2 Å². The Morgan fingerprint density at radius 2 is 0.855 bits per heavy atom. The Hall–Kier alpha value is -6.73. The third-order valence-electron chi connectivity index (χ3n) is 10.7. The number of fused-ring (bicyclic) bond motifs is 11. The van der Waals surface area contributed by atoms with Crippen molar-refractivity contribution < 1.29 is 4.42 Å². The van der Waals surface area contributed by atoms with Gasteiger partial charge in [0.1, 0.15) is 11.2 Å². The van der Waals surface area contributed by atoms with Gasteiger partial charge in [-0.05, 0) is 89.3 Å². The topological polar surface area (TPSA) is 51.8 Å². The quantitative estimate of drug-likeness (QED) is 0.180. The highest BCUT2D eigenvalue weighted by Crippen LogP contribution is 2.42. The van der Waals surface area contributed by atoms with E-state index in [0.717, 1.165) is 60.5 Å². The van der Waals surface area contributed by atoms with Crippen LogP contribution in [0.25, 0.3) is 118 Å². The molecule has 8 aromatic carbocycles. The molecule has 6 heteroatoms. The first kappa shape index (κ1) is 30.7. The van der Waals surface area contributed by atoms with Crippen LogP contribution in [0, 0.1) is 0 Å². The molecule has 12 rings (SSSR count). The molecule has 0 spiro atoms. The lowest BCUT2D eigenvalue weighted by Crippen LogP contribution is -2.01. The number of furan rings is 1.